The van der Waals surface area contributed by atoms with Crippen molar-refractivity contribution in [3.63, 3.8) is 0 Å². The monoisotopic (exact) mass is 1230 g/mol. The SMILES string of the molecule is CC.CC.CC.CC.CC.CC.CCC(=O)Oc1ccc(CCCC(=O)OCCc2ccc(OC)cc2)cc1.CCC(=O)Oc1ccc(CCCC(=O)OCc2ccc(OC)cc2)cc1.COc1ccc(CCCC(=O)OCCc2ccc(OC)cc2)cc1. The first kappa shape index (κ1) is 85.1. The van der Waals surface area contributed by atoms with Gasteiger partial charge < -0.3 is 42.6 Å². The largest absolute Gasteiger partial charge is 0.497 e. The number of carbonyl (C=O) groups excluding carboxylic acids is 5. The molecule has 14 heteroatoms. The molecule has 0 spiro atoms. The summed E-state index contributed by atoms with van der Waals surface area (Å²) in [7, 11) is 6.53. The molecule has 0 N–H and O–H groups in total. The fraction of sp³-hybridized carbons (Fsp3) is 0.453. The Balaban J connectivity index is -0.00000115. The number of aryl methyl sites for hydroxylation is 3. The molecule has 494 valence electrons. The van der Waals surface area contributed by atoms with E-state index in [2.05, 4.69) is 0 Å². The lowest BCUT2D eigenvalue weighted by Gasteiger charge is -2.07. The van der Waals surface area contributed by atoms with Gasteiger partial charge in [-0.05, 0) is 145 Å². The third kappa shape index (κ3) is 42.4. The van der Waals surface area contributed by atoms with Crippen LogP contribution >= 0.6 is 0 Å². The van der Waals surface area contributed by atoms with E-state index >= 15 is 0 Å². The van der Waals surface area contributed by atoms with Gasteiger partial charge in [-0.2, -0.15) is 0 Å². The van der Waals surface area contributed by atoms with E-state index in [0.717, 1.165) is 82.9 Å². The Labute approximate surface area is 536 Å². The lowest BCUT2D eigenvalue weighted by molar-refractivity contribution is -0.145. The Morgan fingerprint density at radius 1 is 0.270 bits per heavy atom. The molecule has 0 bridgehead atoms. The van der Waals surface area contributed by atoms with Gasteiger partial charge >= 0.3 is 29.8 Å². The van der Waals surface area contributed by atoms with Gasteiger partial charge in [0.2, 0.25) is 0 Å². The molecule has 0 amide bonds. The Bertz CT molecular complexity index is 2580. The highest BCUT2D eigenvalue weighted by Crippen LogP contribution is 2.19. The van der Waals surface area contributed by atoms with Crippen molar-refractivity contribution in [1.82, 2.24) is 0 Å². The van der Waals surface area contributed by atoms with Gasteiger partial charge in [0, 0.05) is 44.9 Å². The van der Waals surface area contributed by atoms with E-state index in [-0.39, 0.29) is 36.5 Å². The van der Waals surface area contributed by atoms with Crippen LogP contribution in [0.3, 0.4) is 0 Å². The van der Waals surface area contributed by atoms with E-state index in [1.165, 1.54) is 5.56 Å². The molecule has 6 rings (SSSR count). The number of rotatable bonds is 28. The molecule has 0 saturated heterocycles. The predicted molar refractivity (Wildman–Crippen MR) is 363 cm³/mol. The molecule has 0 aliphatic heterocycles. The zero-order valence-electron chi connectivity index (χ0n) is 57.4. The molecule has 0 atom stereocenters. The molecule has 6 aromatic rings. The van der Waals surface area contributed by atoms with Gasteiger partial charge in [0.05, 0.1) is 41.7 Å². The summed E-state index contributed by atoms with van der Waals surface area (Å²) in [6.07, 6.45) is 7.89. The van der Waals surface area contributed by atoms with Crippen molar-refractivity contribution in [3.05, 3.63) is 179 Å². The summed E-state index contributed by atoms with van der Waals surface area (Å²) in [5.41, 5.74) is 6.54. The molecular formula is C75H110O14. The first-order valence-electron chi connectivity index (χ1n) is 32.0. The van der Waals surface area contributed by atoms with Crippen molar-refractivity contribution in [1.29, 1.82) is 0 Å². The van der Waals surface area contributed by atoms with Gasteiger partial charge in [-0.15, -0.1) is 0 Å². The number of benzene rings is 6. The van der Waals surface area contributed by atoms with Gasteiger partial charge in [0.1, 0.15) is 41.1 Å². The smallest absolute Gasteiger partial charge is 0.310 e. The van der Waals surface area contributed by atoms with Crippen molar-refractivity contribution in [3.8, 4) is 34.5 Å². The summed E-state index contributed by atoms with van der Waals surface area (Å²) in [4.78, 5) is 57.9. The Morgan fingerprint density at radius 3 is 0.719 bits per heavy atom. The molecule has 6 aromatic carbocycles. The maximum absolute atomic E-state index is 11.8. The summed E-state index contributed by atoms with van der Waals surface area (Å²) in [6.45, 7) is 28.6. The van der Waals surface area contributed by atoms with Crippen molar-refractivity contribution >= 4 is 29.8 Å². The maximum Gasteiger partial charge on any atom is 0.310 e. The van der Waals surface area contributed by atoms with Gasteiger partial charge in [0.15, 0.2) is 0 Å². The molecule has 0 fully saturated rings. The second kappa shape index (κ2) is 58.9. The number of ether oxygens (including phenoxy) is 9. The van der Waals surface area contributed by atoms with Crippen LogP contribution in [0, 0.1) is 0 Å². The second-order valence-corrected chi connectivity index (χ2v) is 17.5. The summed E-state index contributed by atoms with van der Waals surface area (Å²) >= 11 is 0. The molecule has 0 aliphatic rings. The van der Waals surface area contributed by atoms with Crippen LogP contribution in [-0.2, 0) is 76.9 Å². The quantitative estimate of drug-likeness (QED) is 0.0258. The number of esters is 5. The van der Waals surface area contributed by atoms with E-state index in [9.17, 15) is 24.0 Å². The van der Waals surface area contributed by atoms with Crippen molar-refractivity contribution in [2.75, 3.05) is 41.7 Å². The minimum Gasteiger partial charge on any atom is -0.497 e. The van der Waals surface area contributed by atoms with Gasteiger partial charge in [0.25, 0.3) is 0 Å². The van der Waals surface area contributed by atoms with Crippen LogP contribution in [0.25, 0.3) is 0 Å². The number of hydrogen-bond acceptors (Lipinski definition) is 14. The second-order valence-electron chi connectivity index (χ2n) is 17.5. The Hall–Kier alpha value is -8.13. The Morgan fingerprint density at radius 2 is 0.483 bits per heavy atom. The number of hydrogen-bond donors (Lipinski definition) is 0. The van der Waals surface area contributed by atoms with Crippen LogP contribution in [0.1, 0.15) is 182 Å². The first-order chi connectivity index (χ1) is 43.4. The highest BCUT2D eigenvalue weighted by Gasteiger charge is 2.09. The maximum atomic E-state index is 11.8. The lowest BCUT2D eigenvalue weighted by Crippen LogP contribution is -2.08. The zero-order chi connectivity index (χ0) is 67.5. The standard InChI is InChI=1S/C22H26O5.C21H24O5.C20H24O4.6C2H6/c1-3-21(23)27-20-13-9-17(10-14-20)5-4-6-22(24)26-16-15-18-7-11-19(25-2)12-8-18;1-3-20(22)26-19-13-7-16(8-14-19)5-4-6-21(23)25-15-17-9-11-18(24-2)12-10-17;1-22-18-10-6-16(7-11-18)4-3-5-20(21)24-15-14-17-8-12-19(23-2)13-9-17;6*1-2/h7-14H,3-6,15-16H2,1-2H3;7-14H,3-6,15H2,1-2H3;6-13H,3-5,14-15H2,1-2H3;6*1-2H3. The van der Waals surface area contributed by atoms with E-state index in [4.69, 9.17) is 42.6 Å². The summed E-state index contributed by atoms with van der Waals surface area (Å²) in [6, 6.07) is 45.6. The normalized spacial score (nSPS) is 9.28. The molecule has 0 radical (unpaired) electrons. The van der Waals surface area contributed by atoms with Crippen LogP contribution in [0.2, 0.25) is 0 Å². The van der Waals surface area contributed by atoms with E-state index in [1.54, 1.807) is 66.6 Å². The molecule has 0 aromatic heterocycles. The lowest BCUT2D eigenvalue weighted by atomic mass is 10.1. The molecular weight excluding hydrogens is 1120 g/mol. The van der Waals surface area contributed by atoms with Gasteiger partial charge in [-0.25, -0.2) is 0 Å². The van der Waals surface area contributed by atoms with Crippen molar-refractivity contribution in [2.24, 2.45) is 0 Å². The fourth-order valence-corrected chi connectivity index (χ4v) is 7.21. The molecule has 0 unspecified atom stereocenters. The third-order valence-corrected chi connectivity index (χ3v) is 11.8. The highest BCUT2D eigenvalue weighted by atomic mass is 16.5. The third-order valence-electron chi connectivity index (χ3n) is 11.8. The van der Waals surface area contributed by atoms with Crippen LogP contribution in [-0.4, -0.2) is 71.5 Å². The summed E-state index contributed by atoms with van der Waals surface area (Å²) < 4.78 is 46.6. The Kier molecular flexibility index (Phi) is 56.3. The molecule has 89 heavy (non-hydrogen) atoms. The van der Waals surface area contributed by atoms with E-state index in [0.29, 0.717) is 76.1 Å². The van der Waals surface area contributed by atoms with Crippen molar-refractivity contribution < 1.29 is 66.6 Å². The number of carbonyl (C=O) groups is 5. The fourth-order valence-electron chi connectivity index (χ4n) is 7.21. The summed E-state index contributed by atoms with van der Waals surface area (Å²) in [5, 5.41) is 0. The van der Waals surface area contributed by atoms with E-state index in [1.807, 2.05) is 204 Å². The minimum atomic E-state index is -0.252. The van der Waals surface area contributed by atoms with Gasteiger partial charge in [-0.1, -0.05) is 170 Å². The highest BCUT2D eigenvalue weighted by molar-refractivity contribution is 5.72. The minimum absolute atomic E-state index is 0.142. The van der Waals surface area contributed by atoms with Crippen molar-refractivity contribution in [2.45, 2.75) is 187 Å². The zero-order valence-corrected chi connectivity index (χ0v) is 57.4. The van der Waals surface area contributed by atoms with Crippen LogP contribution in [0.4, 0.5) is 0 Å². The summed E-state index contributed by atoms with van der Waals surface area (Å²) in [5.74, 6) is 3.30. The molecule has 14 nitrogen and oxygen atoms in total. The van der Waals surface area contributed by atoms with Crippen LogP contribution in [0.15, 0.2) is 146 Å². The molecule has 0 aliphatic carbocycles. The molecule has 0 heterocycles. The average Bonchev–Trinajstić information content (AvgIpc) is 3.61. The van der Waals surface area contributed by atoms with Crippen LogP contribution in [0.5, 0.6) is 34.5 Å². The van der Waals surface area contributed by atoms with E-state index < -0.39 is 0 Å². The topological polar surface area (TPSA) is 168 Å². The number of methoxy groups -OCH3 is 4. The average molecular weight is 1240 g/mol. The first-order valence-corrected chi connectivity index (χ1v) is 32.0. The van der Waals surface area contributed by atoms with Crippen LogP contribution < -0.4 is 28.4 Å². The molecule has 0 saturated carbocycles. The predicted octanol–water partition coefficient (Wildman–Crippen LogP) is 18.2. The van der Waals surface area contributed by atoms with Gasteiger partial charge in [-0.3, -0.25) is 24.0 Å².